The third kappa shape index (κ3) is 10.3. The smallest absolute Gasteiger partial charge is 0.0294 e. The first-order valence-corrected chi connectivity index (χ1v) is 11.3. The van der Waals surface area contributed by atoms with Gasteiger partial charge >= 0.3 is 0 Å². The molecule has 0 aromatic heterocycles. The molecular formula is CHB34. The summed E-state index contributed by atoms with van der Waals surface area (Å²) in [4.78, 5) is 0. The van der Waals surface area contributed by atoms with E-state index in [0.29, 0.717) is 0 Å². The lowest BCUT2D eigenvalue weighted by molar-refractivity contribution is 1.80. The van der Waals surface area contributed by atoms with E-state index in [-0.39, 0.29) is 0 Å². The molecule has 0 saturated carbocycles. The maximum atomic E-state index is 6.46. The molecule has 1 atom stereocenters. The zero-order valence-electron chi connectivity index (χ0n) is 20.2. The molecule has 0 spiro atoms. The molecule has 0 aliphatic rings. The Morgan fingerprint density at radius 1 is 0.343 bits per heavy atom. The molecule has 0 saturated heterocycles. The van der Waals surface area contributed by atoms with E-state index >= 15 is 0 Å². The molecule has 1 unspecified atom stereocenters. The topological polar surface area (TPSA) is 0 Å². The first-order chi connectivity index (χ1) is 15.9. The highest BCUT2D eigenvalue weighted by atomic mass is 13.7. The van der Waals surface area contributed by atoms with Crippen LogP contribution in [0.4, 0.5) is 0 Å². The van der Waals surface area contributed by atoms with E-state index in [9.17, 15) is 0 Å². The van der Waals surface area contributed by atoms with Crippen LogP contribution in [-0.2, 0) is 0 Å². The first-order valence-electron chi connectivity index (χ1n) is 11.3. The van der Waals surface area contributed by atoms with Gasteiger partial charge in [-0.15, -0.1) is 5.62 Å². The van der Waals surface area contributed by atoms with Crippen LogP contribution in [0, 0.1) is 0 Å². The zero-order valence-corrected chi connectivity index (χ0v) is 20.2. The second kappa shape index (κ2) is 17.1. The van der Waals surface area contributed by atoms with Crippen molar-refractivity contribution >= 4 is 242 Å². The van der Waals surface area contributed by atoms with Crippen molar-refractivity contribution in [3.05, 3.63) is 0 Å². The summed E-state index contributed by atoms with van der Waals surface area (Å²) in [5.74, 6) is 0. The summed E-state index contributed by atoms with van der Waals surface area (Å²) < 4.78 is 0. The fourth-order valence-electron chi connectivity index (χ4n) is 5.52. The van der Waals surface area contributed by atoms with Crippen LogP contribution in [-0.4, -0.2) is 242 Å². The van der Waals surface area contributed by atoms with Gasteiger partial charge in [-0.2, -0.15) is 0 Å². The van der Waals surface area contributed by atoms with Crippen molar-refractivity contribution in [2.45, 2.75) is 5.62 Å². The lowest BCUT2D eigenvalue weighted by Crippen LogP contribution is -2.83. The highest BCUT2D eigenvalue weighted by Crippen LogP contribution is 2.28. The number of hydrogen-bond donors (Lipinski definition) is 0. The van der Waals surface area contributed by atoms with Crippen LogP contribution >= 0.6 is 0 Å². The van der Waals surface area contributed by atoms with Gasteiger partial charge in [-0.3, -0.25) is 0 Å². The van der Waals surface area contributed by atoms with Crippen molar-refractivity contribution in [3.63, 3.8) is 0 Å². The zero-order chi connectivity index (χ0) is 27.9. The van der Waals surface area contributed by atoms with E-state index in [1.54, 1.807) is 0 Å². The van der Waals surface area contributed by atoms with Gasteiger partial charge in [0.15, 0.2) is 0 Å². The van der Waals surface area contributed by atoms with Gasteiger partial charge in [0.05, 0.1) is 0 Å². The molecule has 0 fully saturated rings. The van der Waals surface area contributed by atoms with Crippen molar-refractivity contribution in [1.82, 2.24) is 0 Å². The van der Waals surface area contributed by atoms with Gasteiger partial charge in [0.1, 0.15) is 0 Å². The maximum Gasteiger partial charge on any atom is 0.0294 e. The molecule has 34 heteroatoms. The summed E-state index contributed by atoms with van der Waals surface area (Å²) in [6.07, 6.45) is -12.7. The maximum absolute atomic E-state index is 6.46. The fourth-order valence-corrected chi connectivity index (χ4v) is 5.52. The highest BCUT2D eigenvalue weighted by Gasteiger charge is 2.53. The first kappa shape index (κ1) is 37.2. The van der Waals surface area contributed by atoms with E-state index in [2.05, 4.69) is 0 Å². The lowest BCUT2D eigenvalue weighted by Gasteiger charge is -2.53. The Balaban J connectivity index is 7.70. The molecule has 0 aromatic carbocycles. The quantitative estimate of drug-likeness (QED) is 0.233. The summed E-state index contributed by atoms with van der Waals surface area (Å²) in [6, 6.07) is 0. The summed E-state index contributed by atoms with van der Waals surface area (Å²) in [5.41, 5.74) is -0.928. The average Bonchev–Trinajstić information content (AvgIpc) is 2.66. The predicted octanol–water partition coefficient (Wildman–Crippen LogP) is -12.6. The molecule has 37 radical (unpaired) electrons. The Kier molecular flexibility index (Phi) is 18.2. The summed E-state index contributed by atoms with van der Waals surface area (Å²) >= 11 is 0. The molecule has 0 rings (SSSR count). The molecule has 0 aromatic rings. The van der Waals surface area contributed by atoms with Gasteiger partial charge in [0, 0.05) is 242 Å². The standard InChI is InChI=1S/CHB34/c2-20-32(19)22(33(26(7)8)27(9)10)1(21(24(3)4)25(5)6)23(34(28(11)12)29(13)14)35(30(15)16)31(17)18/h1H. The fraction of sp³-hybridized carbons (Fsp3) is 1.00. The Morgan fingerprint density at radius 2 is 0.600 bits per heavy atom. The van der Waals surface area contributed by atoms with E-state index in [1.165, 1.54) is 7.06 Å². The van der Waals surface area contributed by atoms with Crippen molar-refractivity contribution in [2.75, 3.05) is 0 Å². The van der Waals surface area contributed by atoms with Crippen molar-refractivity contribution in [1.29, 1.82) is 0 Å². The predicted molar refractivity (Wildman–Crippen MR) is 199 cm³/mol. The molecule has 0 bridgehead atoms. The third-order valence-electron chi connectivity index (χ3n) is 6.89. The van der Waals surface area contributed by atoms with Crippen LogP contribution in [0.5, 0.6) is 0 Å². The minimum atomic E-state index is -1.13. The van der Waals surface area contributed by atoms with Crippen LogP contribution in [0.3, 0.4) is 0 Å². The molecule has 0 nitrogen and oxygen atoms in total. The third-order valence-corrected chi connectivity index (χ3v) is 6.89. The minimum Gasteiger partial charge on any atom is -0.146 e. The molecular weight excluding hydrogens is 380 g/mol. The molecule has 0 amide bonds. The minimum absolute atomic E-state index is 0.890. The van der Waals surface area contributed by atoms with Gasteiger partial charge in [-0.25, -0.2) is 0 Å². The Bertz CT molecular complexity index is 489. The van der Waals surface area contributed by atoms with Crippen LogP contribution < -0.4 is 0 Å². The van der Waals surface area contributed by atoms with Crippen molar-refractivity contribution < 1.29 is 0 Å². The average molecular weight is 381 g/mol. The lowest BCUT2D eigenvalue weighted by atomic mass is 8.41. The second-order valence-electron chi connectivity index (χ2n) is 9.43. The summed E-state index contributed by atoms with van der Waals surface area (Å²) in [7, 11) is 112. The van der Waals surface area contributed by atoms with Crippen molar-refractivity contribution in [3.8, 4) is 0 Å². The van der Waals surface area contributed by atoms with Crippen LogP contribution in [0.25, 0.3) is 0 Å². The van der Waals surface area contributed by atoms with E-state index < -0.39 is 102 Å². The van der Waals surface area contributed by atoms with Crippen LogP contribution in [0.2, 0.25) is 5.62 Å². The van der Waals surface area contributed by atoms with Crippen LogP contribution in [0.15, 0.2) is 0 Å². The van der Waals surface area contributed by atoms with Crippen molar-refractivity contribution in [2.24, 2.45) is 0 Å². The second-order valence-corrected chi connectivity index (χ2v) is 9.43. The molecule has 107 valence electrons. The summed E-state index contributed by atoms with van der Waals surface area (Å²) in [5, 5.41) is 0. The van der Waals surface area contributed by atoms with Gasteiger partial charge < -0.3 is 0 Å². The molecule has 35 heavy (non-hydrogen) atoms. The van der Waals surface area contributed by atoms with E-state index in [4.69, 9.17) is 139 Å². The SMILES string of the molecule is [B][B]B([B])B(B(B([B])[B])B([B])[B])C(B(B([B])[B])B([B])[B])B(B(B([B])[B])B([B])[B])B(B([B])[B])B([B])[B]. The molecule has 0 aliphatic carbocycles. The van der Waals surface area contributed by atoms with Gasteiger partial charge in [0.2, 0.25) is 0 Å². The van der Waals surface area contributed by atoms with Gasteiger partial charge in [-0.1, -0.05) is 0 Å². The van der Waals surface area contributed by atoms with Gasteiger partial charge in [-0.05, 0) is 0 Å². The summed E-state index contributed by atoms with van der Waals surface area (Å²) in [6.45, 7) is -2.77. The Morgan fingerprint density at radius 3 is 0.800 bits per heavy atom. The van der Waals surface area contributed by atoms with E-state index in [1.807, 2.05) is 0 Å². The van der Waals surface area contributed by atoms with E-state index in [0.717, 1.165) is 0 Å². The largest absolute Gasteiger partial charge is 0.146 e. The molecule has 0 N–H and O–H groups in total. The normalized spacial score (nSPS) is 10.5. The van der Waals surface area contributed by atoms with Crippen LogP contribution in [0.1, 0.15) is 0 Å². The Hall–Kier alpha value is 2.21. The number of rotatable bonds is 16. The monoisotopic (exact) mass is 387 g/mol. The Labute approximate surface area is 246 Å². The number of hydrogen-bond acceptors (Lipinski definition) is 0. The molecule has 0 heterocycles. The molecule has 0 aliphatic heterocycles. The highest BCUT2D eigenvalue weighted by molar-refractivity contribution is 8.12. The van der Waals surface area contributed by atoms with Gasteiger partial charge in [0.25, 0.3) is 0 Å².